The Hall–Kier alpha value is -1.85. The van der Waals surface area contributed by atoms with E-state index in [-0.39, 0.29) is 23.8 Å². The molecule has 6 heteroatoms. The van der Waals surface area contributed by atoms with E-state index in [1.54, 1.807) is 0 Å². The summed E-state index contributed by atoms with van der Waals surface area (Å²) in [6, 6.07) is 0.176. The normalized spacial score (nSPS) is 25.9. The summed E-state index contributed by atoms with van der Waals surface area (Å²) < 4.78 is 1.89. The molecule has 2 atom stereocenters. The first-order chi connectivity index (χ1) is 12.1. The predicted molar refractivity (Wildman–Crippen MR) is 94.3 cm³/mol. The number of rotatable bonds is 3. The lowest BCUT2D eigenvalue weighted by molar-refractivity contribution is -0.139. The van der Waals surface area contributed by atoms with Crippen molar-refractivity contribution in [3.05, 3.63) is 17.0 Å². The minimum Gasteiger partial charge on any atom is -0.338 e. The van der Waals surface area contributed by atoms with E-state index in [0.717, 1.165) is 50.6 Å². The Morgan fingerprint density at radius 2 is 2.00 bits per heavy atom. The Morgan fingerprint density at radius 3 is 2.80 bits per heavy atom. The minimum absolute atomic E-state index is 0.0294. The van der Waals surface area contributed by atoms with Gasteiger partial charge in [-0.25, -0.2) is 0 Å². The van der Waals surface area contributed by atoms with Crippen molar-refractivity contribution >= 4 is 11.8 Å². The largest absolute Gasteiger partial charge is 0.338 e. The third-order valence-electron chi connectivity index (χ3n) is 6.11. The molecule has 3 saturated heterocycles. The van der Waals surface area contributed by atoms with Gasteiger partial charge in [-0.1, -0.05) is 6.92 Å². The van der Waals surface area contributed by atoms with Crippen molar-refractivity contribution < 1.29 is 9.59 Å². The summed E-state index contributed by atoms with van der Waals surface area (Å²) in [5, 5.41) is 4.57. The molecule has 6 nitrogen and oxygen atoms in total. The Morgan fingerprint density at radius 1 is 1.20 bits per heavy atom. The maximum Gasteiger partial charge on any atom is 0.274 e. The van der Waals surface area contributed by atoms with Gasteiger partial charge in [0, 0.05) is 44.0 Å². The summed E-state index contributed by atoms with van der Waals surface area (Å²) in [5.41, 5.74) is 3.00. The van der Waals surface area contributed by atoms with Crippen molar-refractivity contribution in [3.63, 3.8) is 0 Å². The van der Waals surface area contributed by atoms with E-state index in [4.69, 9.17) is 0 Å². The number of fused-ring (bicyclic) bond motifs is 5. The Balaban J connectivity index is 1.61. The number of amides is 2. The zero-order valence-electron chi connectivity index (χ0n) is 15.3. The predicted octanol–water partition coefficient (Wildman–Crippen LogP) is 1.77. The molecule has 25 heavy (non-hydrogen) atoms. The van der Waals surface area contributed by atoms with Crippen molar-refractivity contribution in [2.45, 2.75) is 57.9 Å². The van der Waals surface area contributed by atoms with Crippen LogP contribution in [0.15, 0.2) is 0 Å². The van der Waals surface area contributed by atoms with Crippen LogP contribution in [0.25, 0.3) is 0 Å². The minimum atomic E-state index is -0.0335. The van der Waals surface area contributed by atoms with E-state index in [1.807, 2.05) is 21.5 Å². The maximum atomic E-state index is 13.2. The summed E-state index contributed by atoms with van der Waals surface area (Å²) in [5.74, 6) is 0.243. The average Bonchev–Trinajstić information content (AvgIpc) is 2.76. The third kappa shape index (κ3) is 2.75. The fraction of sp³-hybridized carbons (Fsp3) is 0.737. The van der Waals surface area contributed by atoms with Crippen molar-refractivity contribution in [2.75, 3.05) is 19.6 Å². The lowest BCUT2D eigenvalue weighted by Crippen LogP contribution is -2.48. The fourth-order valence-corrected chi connectivity index (χ4v) is 4.83. The Kier molecular flexibility index (Phi) is 4.29. The van der Waals surface area contributed by atoms with Crippen molar-refractivity contribution in [3.8, 4) is 0 Å². The van der Waals surface area contributed by atoms with Crippen LogP contribution in [-0.4, -0.2) is 57.1 Å². The highest BCUT2D eigenvalue weighted by atomic mass is 16.2. The lowest BCUT2D eigenvalue weighted by atomic mass is 9.94. The Bertz CT molecular complexity index is 696. The molecule has 0 aromatic carbocycles. The molecule has 3 aliphatic heterocycles. The van der Waals surface area contributed by atoms with Crippen molar-refractivity contribution in [1.29, 1.82) is 0 Å². The average molecular weight is 344 g/mol. The molecule has 2 bridgehead atoms. The highest BCUT2D eigenvalue weighted by Crippen LogP contribution is 2.31. The monoisotopic (exact) mass is 344 g/mol. The second-order valence-corrected chi connectivity index (χ2v) is 7.77. The second-order valence-electron chi connectivity index (χ2n) is 7.77. The number of piperidine rings is 1. The maximum absolute atomic E-state index is 13.2. The van der Waals surface area contributed by atoms with Crippen LogP contribution in [0.5, 0.6) is 0 Å². The van der Waals surface area contributed by atoms with E-state index in [0.29, 0.717) is 18.8 Å². The van der Waals surface area contributed by atoms with Gasteiger partial charge in [0.2, 0.25) is 5.91 Å². The molecule has 0 radical (unpaired) electrons. The first-order valence-corrected chi connectivity index (χ1v) is 9.74. The van der Waals surface area contributed by atoms with Crippen LogP contribution >= 0.6 is 0 Å². The molecule has 5 rings (SSSR count). The van der Waals surface area contributed by atoms with Crippen LogP contribution in [0, 0.1) is 5.92 Å². The first kappa shape index (κ1) is 16.6. The molecule has 0 N–H and O–H groups in total. The number of carbonyl (C=O) groups is 2. The summed E-state index contributed by atoms with van der Waals surface area (Å²) >= 11 is 0. The molecular weight excluding hydrogens is 316 g/mol. The zero-order valence-corrected chi connectivity index (χ0v) is 15.3. The number of carbonyl (C=O) groups excluding carboxylic acids is 2. The van der Waals surface area contributed by atoms with Crippen LogP contribution in [0.2, 0.25) is 0 Å². The van der Waals surface area contributed by atoms with Gasteiger partial charge < -0.3 is 9.80 Å². The van der Waals surface area contributed by atoms with E-state index >= 15 is 0 Å². The molecule has 2 amide bonds. The van der Waals surface area contributed by atoms with E-state index in [2.05, 4.69) is 12.0 Å². The highest BCUT2D eigenvalue weighted by molar-refractivity contribution is 5.95. The van der Waals surface area contributed by atoms with Gasteiger partial charge in [-0.15, -0.1) is 0 Å². The van der Waals surface area contributed by atoms with Crippen LogP contribution in [0.3, 0.4) is 0 Å². The van der Waals surface area contributed by atoms with Gasteiger partial charge in [-0.2, -0.15) is 5.10 Å². The van der Waals surface area contributed by atoms with Crippen LogP contribution in [-0.2, 0) is 24.7 Å². The molecule has 136 valence electrons. The highest BCUT2D eigenvalue weighted by Gasteiger charge is 2.42. The van der Waals surface area contributed by atoms with Gasteiger partial charge in [0.25, 0.3) is 5.91 Å². The molecule has 1 aliphatic carbocycles. The molecule has 3 fully saturated rings. The third-order valence-corrected chi connectivity index (χ3v) is 6.11. The molecule has 1 aromatic rings. The van der Waals surface area contributed by atoms with Gasteiger partial charge in [-0.05, 0) is 44.9 Å². The molecule has 0 spiro atoms. The fourth-order valence-electron chi connectivity index (χ4n) is 4.83. The number of nitrogens with zero attached hydrogens (tertiary/aromatic N) is 4. The SMILES string of the molecule is CCCN1C(=O)[C@@H]2CC[C@H]1CN(C(=O)c1nn(C)c3c1CCCC3)C2. The van der Waals surface area contributed by atoms with Crippen LogP contribution in [0.4, 0.5) is 0 Å². The number of aromatic nitrogens is 2. The number of aryl methyl sites for hydroxylation is 1. The van der Waals surface area contributed by atoms with Gasteiger partial charge >= 0.3 is 0 Å². The molecule has 0 saturated carbocycles. The second kappa shape index (κ2) is 6.46. The summed E-state index contributed by atoms with van der Waals surface area (Å²) in [4.78, 5) is 29.9. The van der Waals surface area contributed by atoms with Crippen LogP contribution in [0.1, 0.15) is 60.8 Å². The number of hydrogen-bond donors (Lipinski definition) is 0. The van der Waals surface area contributed by atoms with E-state index in [1.165, 1.54) is 12.1 Å². The zero-order chi connectivity index (χ0) is 17.6. The topological polar surface area (TPSA) is 58.4 Å². The quantitative estimate of drug-likeness (QED) is 0.840. The van der Waals surface area contributed by atoms with E-state index < -0.39 is 0 Å². The molecule has 4 heterocycles. The summed E-state index contributed by atoms with van der Waals surface area (Å²) in [6.45, 7) is 4.13. The van der Waals surface area contributed by atoms with E-state index in [9.17, 15) is 9.59 Å². The first-order valence-electron chi connectivity index (χ1n) is 9.74. The van der Waals surface area contributed by atoms with Crippen molar-refractivity contribution in [1.82, 2.24) is 19.6 Å². The van der Waals surface area contributed by atoms with Crippen molar-refractivity contribution in [2.24, 2.45) is 13.0 Å². The molecular formula is C19H28N4O2. The summed E-state index contributed by atoms with van der Waals surface area (Å²) in [7, 11) is 1.94. The summed E-state index contributed by atoms with van der Waals surface area (Å²) in [6.07, 6.45) is 7.17. The molecule has 0 unspecified atom stereocenters. The Labute approximate surface area is 149 Å². The smallest absolute Gasteiger partial charge is 0.274 e. The van der Waals surface area contributed by atoms with Crippen LogP contribution < -0.4 is 0 Å². The van der Waals surface area contributed by atoms with Gasteiger partial charge in [0.15, 0.2) is 5.69 Å². The van der Waals surface area contributed by atoms with Gasteiger partial charge in [-0.3, -0.25) is 14.3 Å². The lowest BCUT2D eigenvalue weighted by Gasteiger charge is -2.35. The molecule has 4 aliphatic rings. The molecule has 1 aromatic heterocycles. The van der Waals surface area contributed by atoms with Gasteiger partial charge in [0.05, 0.1) is 5.92 Å². The standard InChI is InChI=1S/C19H28N4O2/c1-3-10-23-14-9-8-13(18(23)24)11-22(12-14)19(25)17-15-6-4-5-7-16(15)21(2)20-17/h13-14H,3-12H2,1-2H3/t13-,14+/m1/s1. The number of hydrogen-bond acceptors (Lipinski definition) is 3. The van der Waals surface area contributed by atoms with Gasteiger partial charge in [0.1, 0.15) is 0 Å².